The third-order valence-electron chi connectivity index (χ3n) is 9.58. The number of amides is 1. The van der Waals surface area contributed by atoms with Gasteiger partial charge in [0.15, 0.2) is 5.78 Å². The number of carbonyl (C=O) groups excluding carboxylic acids is 2. The lowest BCUT2D eigenvalue weighted by molar-refractivity contribution is -0.379. The van der Waals surface area contributed by atoms with Crippen LogP contribution in [0.3, 0.4) is 0 Å². The fraction of sp³-hybridized carbons (Fsp3) is 0.680. The van der Waals surface area contributed by atoms with Crippen molar-refractivity contribution in [2.75, 3.05) is 18.4 Å². The van der Waals surface area contributed by atoms with Crippen molar-refractivity contribution in [1.82, 2.24) is 10.1 Å². The molecule has 0 aromatic heterocycles. The van der Waals surface area contributed by atoms with Crippen LogP contribution in [0, 0.1) is 11.3 Å². The van der Waals surface area contributed by atoms with Gasteiger partial charge in [0.2, 0.25) is 5.91 Å². The number of nitrogens with zero attached hydrogens (tertiary/aromatic N) is 2. The van der Waals surface area contributed by atoms with E-state index in [1.165, 1.54) is 0 Å². The zero-order chi connectivity index (χ0) is 23.6. The minimum atomic E-state index is -0.973. The van der Waals surface area contributed by atoms with Gasteiger partial charge in [-0.3, -0.25) is 24.9 Å². The molecule has 0 bridgehead atoms. The van der Waals surface area contributed by atoms with E-state index in [0.717, 1.165) is 31.4 Å². The van der Waals surface area contributed by atoms with E-state index >= 15 is 0 Å². The molecule has 4 heterocycles. The van der Waals surface area contributed by atoms with Gasteiger partial charge in [0, 0.05) is 12.6 Å². The van der Waals surface area contributed by atoms with Gasteiger partial charge in [-0.15, -0.1) is 0 Å². The van der Waals surface area contributed by atoms with Crippen molar-refractivity contribution < 1.29 is 24.7 Å². The Kier molecular flexibility index (Phi) is 4.15. The fourth-order valence-electron chi connectivity index (χ4n) is 8.12. The van der Waals surface area contributed by atoms with Crippen molar-refractivity contribution in [1.29, 1.82) is 0 Å². The normalized spacial score (nSPS) is 38.0. The van der Waals surface area contributed by atoms with E-state index in [0.29, 0.717) is 34.8 Å². The van der Waals surface area contributed by atoms with E-state index in [9.17, 15) is 20.0 Å². The number of rotatable bonds is 1. The molecule has 1 amide bonds. The molecule has 178 valence electrons. The van der Waals surface area contributed by atoms with Crippen LogP contribution < -0.4 is 10.1 Å². The van der Waals surface area contributed by atoms with Gasteiger partial charge in [-0.05, 0) is 69.0 Å². The quantitative estimate of drug-likeness (QED) is 0.558. The number of fused-ring (bicyclic) bond motifs is 6. The molecule has 1 saturated carbocycles. The predicted octanol–water partition coefficient (Wildman–Crippen LogP) is 3.35. The van der Waals surface area contributed by atoms with Crippen molar-refractivity contribution in [3.05, 3.63) is 23.3 Å². The summed E-state index contributed by atoms with van der Waals surface area (Å²) in [4.78, 5) is 29.4. The minimum absolute atomic E-state index is 0.0371. The number of hydrogen-bond acceptors (Lipinski definition) is 7. The number of benzene rings is 1. The molecular weight excluding hydrogens is 422 g/mol. The van der Waals surface area contributed by atoms with E-state index in [1.54, 1.807) is 0 Å². The van der Waals surface area contributed by atoms with Crippen molar-refractivity contribution in [3.8, 4) is 5.75 Å². The van der Waals surface area contributed by atoms with Crippen LogP contribution in [0.25, 0.3) is 0 Å². The molecule has 0 unspecified atom stereocenters. The van der Waals surface area contributed by atoms with E-state index < -0.39 is 22.0 Å². The van der Waals surface area contributed by atoms with Crippen molar-refractivity contribution in [2.24, 2.45) is 11.3 Å². The summed E-state index contributed by atoms with van der Waals surface area (Å²) < 4.78 is 6.09. The summed E-state index contributed by atoms with van der Waals surface area (Å²) in [5.74, 6) is 0.203. The molecule has 1 aromatic rings. The number of carbonyl (C=O) groups is 2. The second-order valence-corrected chi connectivity index (χ2v) is 12.0. The Hall–Kier alpha value is -2.00. The number of hydroxylamine groups is 2. The molecule has 6 rings (SSSR count). The van der Waals surface area contributed by atoms with Gasteiger partial charge in [0.25, 0.3) is 0 Å². The summed E-state index contributed by atoms with van der Waals surface area (Å²) in [6, 6.07) is 4.13. The first-order valence-electron chi connectivity index (χ1n) is 12.1. The molecule has 33 heavy (non-hydrogen) atoms. The fourth-order valence-corrected chi connectivity index (χ4v) is 8.12. The van der Waals surface area contributed by atoms with Crippen LogP contribution in [-0.4, -0.2) is 62.5 Å². The van der Waals surface area contributed by atoms with Gasteiger partial charge in [-0.25, -0.2) is 0 Å². The van der Waals surface area contributed by atoms with Gasteiger partial charge >= 0.3 is 0 Å². The zero-order valence-corrected chi connectivity index (χ0v) is 19.8. The molecule has 5 aliphatic rings. The molecule has 1 aromatic carbocycles. The maximum absolute atomic E-state index is 13.9. The Morgan fingerprint density at radius 2 is 1.94 bits per heavy atom. The van der Waals surface area contributed by atoms with Crippen LogP contribution in [0.5, 0.6) is 5.75 Å². The summed E-state index contributed by atoms with van der Waals surface area (Å²) in [5.41, 5.74) is -1.31. The first kappa shape index (κ1) is 21.5. The smallest absolute Gasteiger partial charge is 0.235 e. The molecule has 8 heteroatoms. The molecule has 1 aliphatic carbocycles. The lowest BCUT2D eigenvalue weighted by Crippen LogP contribution is -2.62. The number of hydrogen-bond donors (Lipinski definition) is 3. The van der Waals surface area contributed by atoms with Crippen molar-refractivity contribution in [2.45, 2.75) is 82.4 Å². The first-order chi connectivity index (χ1) is 15.4. The number of Topliss-reactive ketones (excluding diaryl/α,β-unsaturated/α-hetero) is 1. The van der Waals surface area contributed by atoms with Crippen molar-refractivity contribution >= 4 is 17.4 Å². The van der Waals surface area contributed by atoms with E-state index in [4.69, 9.17) is 4.74 Å². The summed E-state index contributed by atoms with van der Waals surface area (Å²) in [6.07, 6.45) is 3.56. The van der Waals surface area contributed by atoms with Gasteiger partial charge in [0.1, 0.15) is 11.4 Å². The summed E-state index contributed by atoms with van der Waals surface area (Å²) >= 11 is 0. The number of ether oxygens (including phenoxy) is 1. The topological polar surface area (TPSA) is 102 Å². The second-order valence-electron chi connectivity index (χ2n) is 12.0. The molecular formula is C25H33N3O5. The predicted molar refractivity (Wildman–Crippen MR) is 120 cm³/mol. The number of nitrogens with one attached hydrogen (secondary N) is 1. The Morgan fingerprint density at radius 3 is 2.67 bits per heavy atom. The molecule has 4 aliphatic heterocycles. The average Bonchev–Trinajstić information content (AvgIpc) is 3.33. The highest BCUT2D eigenvalue weighted by molar-refractivity contribution is 6.15. The molecule has 8 nitrogen and oxygen atoms in total. The Bertz CT molecular complexity index is 1080. The second kappa shape index (κ2) is 6.36. The van der Waals surface area contributed by atoms with Gasteiger partial charge in [0.05, 0.1) is 28.6 Å². The Morgan fingerprint density at radius 1 is 1.18 bits per heavy atom. The average molecular weight is 456 g/mol. The minimum Gasteiger partial charge on any atom is -0.487 e. The van der Waals surface area contributed by atoms with Gasteiger partial charge in [-0.2, -0.15) is 0 Å². The third-order valence-corrected chi connectivity index (χ3v) is 9.58. The lowest BCUT2D eigenvalue weighted by Gasteiger charge is -2.50. The molecule has 2 saturated heterocycles. The standard InChI is InChI=1S/C25H33N3O5/c1-22(2)11-16(29)19-17(33-22)8-7-15-20(19)26-21(30)25(15)12-24(28(31)32)13-27-9-5-6-14(27)10-18(24)23(25,3)4/h7-8,14,18,31-32H,5-6,9-13H2,1-4H3,(H,26,30)/t14-,18+,24+,25-/m0/s1. The molecule has 3 N–H and O–H groups in total. The van der Waals surface area contributed by atoms with Crippen LogP contribution in [0.15, 0.2) is 12.1 Å². The van der Waals surface area contributed by atoms with Gasteiger partial charge in [-0.1, -0.05) is 25.1 Å². The third kappa shape index (κ3) is 2.50. The maximum atomic E-state index is 13.9. The summed E-state index contributed by atoms with van der Waals surface area (Å²) in [7, 11) is 0. The summed E-state index contributed by atoms with van der Waals surface area (Å²) in [6.45, 7) is 9.41. The van der Waals surface area contributed by atoms with Crippen molar-refractivity contribution in [3.63, 3.8) is 0 Å². The van der Waals surface area contributed by atoms with Crippen LogP contribution in [-0.2, 0) is 10.2 Å². The highest BCUT2D eigenvalue weighted by atomic mass is 16.8. The Balaban J connectivity index is 1.53. The highest BCUT2D eigenvalue weighted by Gasteiger charge is 2.74. The van der Waals surface area contributed by atoms with Crippen LogP contribution in [0.4, 0.5) is 5.69 Å². The largest absolute Gasteiger partial charge is 0.487 e. The molecule has 4 atom stereocenters. The number of anilines is 1. The highest BCUT2D eigenvalue weighted by Crippen LogP contribution is 2.68. The SMILES string of the molecule is CC1(C)CC(=O)c2c(ccc3c2NC(=O)[C@]32C[C@@]3(N(O)O)CN4CCC[C@H]4C[C@@H]3C2(C)C)O1. The van der Waals surface area contributed by atoms with Crippen LogP contribution in [0.2, 0.25) is 0 Å². The molecule has 3 fully saturated rings. The number of piperidine rings is 1. The first-order valence-corrected chi connectivity index (χ1v) is 12.1. The van der Waals surface area contributed by atoms with Gasteiger partial charge < -0.3 is 10.1 Å². The monoisotopic (exact) mass is 455 g/mol. The molecule has 0 radical (unpaired) electrons. The lowest BCUT2D eigenvalue weighted by atomic mass is 9.60. The zero-order valence-electron chi connectivity index (χ0n) is 19.8. The van der Waals surface area contributed by atoms with Crippen LogP contribution >= 0.6 is 0 Å². The number of ketones is 1. The maximum Gasteiger partial charge on any atom is 0.235 e. The molecule has 1 spiro atoms. The van der Waals surface area contributed by atoms with E-state index in [-0.39, 0.29) is 30.4 Å². The Labute approximate surface area is 193 Å². The summed E-state index contributed by atoms with van der Waals surface area (Å²) in [5, 5.41) is 24.7. The van der Waals surface area contributed by atoms with Crippen LogP contribution in [0.1, 0.15) is 75.7 Å². The van der Waals surface area contributed by atoms with E-state index in [1.807, 2.05) is 26.0 Å². The van der Waals surface area contributed by atoms with E-state index in [2.05, 4.69) is 24.1 Å².